The van der Waals surface area contributed by atoms with Crippen molar-refractivity contribution >= 4 is 55.7 Å². The van der Waals surface area contributed by atoms with Crippen LogP contribution in [0.3, 0.4) is 0 Å². The Morgan fingerprint density at radius 3 is 0.850 bits per heavy atom. The summed E-state index contributed by atoms with van der Waals surface area (Å²) in [6.45, 7) is 17.6. The van der Waals surface area contributed by atoms with E-state index in [1.54, 1.807) is 0 Å². The first kappa shape index (κ1) is 38.6. The molecule has 0 aliphatic heterocycles. The fourth-order valence-corrected chi connectivity index (χ4v) is 9.36. The van der Waals surface area contributed by atoms with Gasteiger partial charge in [-0.2, -0.15) is 0 Å². The van der Waals surface area contributed by atoms with Crippen molar-refractivity contribution in [2.24, 2.45) is 0 Å². The minimum absolute atomic E-state index is 1.13. The van der Waals surface area contributed by atoms with Crippen LogP contribution in [-0.4, -0.2) is 0 Å². The average Bonchev–Trinajstić information content (AvgIpc) is 3.23. The summed E-state index contributed by atoms with van der Waals surface area (Å²) in [5, 5.41) is 4.88. The van der Waals surface area contributed by atoms with E-state index in [4.69, 9.17) is 0 Å². The number of rotatable bonds is 8. The molecule has 0 amide bonds. The topological polar surface area (TPSA) is 6.48 Å². The molecule has 0 aliphatic rings. The highest BCUT2D eigenvalue weighted by Crippen LogP contribution is 2.49. The molecule has 9 aromatic carbocycles. The highest BCUT2D eigenvalue weighted by molar-refractivity contribution is 6.22. The van der Waals surface area contributed by atoms with E-state index >= 15 is 0 Å². The molecule has 0 bridgehead atoms. The van der Waals surface area contributed by atoms with Crippen LogP contribution < -0.4 is 9.80 Å². The molecule has 9 aromatic rings. The van der Waals surface area contributed by atoms with Crippen molar-refractivity contribution in [2.75, 3.05) is 9.80 Å². The highest BCUT2D eigenvalue weighted by Gasteiger charge is 2.24. The number of hydrogen-bond donors (Lipinski definition) is 0. The van der Waals surface area contributed by atoms with Gasteiger partial charge in [0.15, 0.2) is 0 Å². The van der Waals surface area contributed by atoms with Gasteiger partial charge in [0.25, 0.3) is 0 Å². The molecule has 0 aromatic heterocycles. The number of anilines is 6. The molecule has 0 aliphatic carbocycles. The van der Waals surface area contributed by atoms with E-state index in [0.717, 1.165) is 11.4 Å². The van der Waals surface area contributed by atoms with E-state index in [2.05, 4.69) is 235 Å². The van der Waals surface area contributed by atoms with Gasteiger partial charge in [-0.15, -0.1) is 0 Å². The van der Waals surface area contributed by atoms with Crippen molar-refractivity contribution in [3.8, 4) is 22.3 Å². The number of aryl methyl sites for hydroxylation is 8. The van der Waals surface area contributed by atoms with Crippen molar-refractivity contribution < 1.29 is 0 Å². The van der Waals surface area contributed by atoms with Gasteiger partial charge in [-0.3, -0.25) is 0 Å². The first-order valence-electron chi connectivity index (χ1n) is 21.1. The lowest BCUT2D eigenvalue weighted by Gasteiger charge is -2.30. The van der Waals surface area contributed by atoms with Crippen LogP contribution in [0.5, 0.6) is 0 Å². The molecule has 0 heterocycles. The van der Waals surface area contributed by atoms with Crippen molar-refractivity contribution in [1.29, 1.82) is 0 Å². The minimum atomic E-state index is 1.13. The smallest absolute Gasteiger partial charge is 0.0491 e. The van der Waals surface area contributed by atoms with Gasteiger partial charge < -0.3 is 9.80 Å². The van der Waals surface area contributed by atoms with Crippen LogP contribution in [0.2, 0.25) is 0 Å². The maximum atomic E-state index is 2.46. The Bertz CT molecular complexity index is 2750. The lowest BCUT2D eigenvalue weighted by molar-refractivity contribution is 1.21. The first-order chi connectivity index (χ1) is 29.0. The van der Waals surface area contributed by atoms with E-state index in [1.165, 1.54) is 111 Å². The van der Waals surface area contributed by atoms with Crippen LogP contribution in [0.4, 0.5) is 34.1 Å². The Hall–Kier alpha value is -6.90. The molecule has 0 atom stereocenters. The maximum Gasteiger partial charge on any atom is 0.0491 e. The molecule has 0 radical (unpaired) electrons. The summed E-state index contributed by atoms with van der Waals surface area (Å²) in [4.78, 5) is 4.91. The highest BCUT2D eigenvalue weighted by atomic mass is 15.2. The molecule has 0 spiro atoms. The second-order valence-electron chi connectivity index (χ2n) is 16.8. The second kappa shape index (κ2) is 15.7. The molecule has 2 nitrogen and oxygen atoms in total. The van der Waals surface area contributed by atoms with Crippen LogP contribution in [0.15, 0.2) is 170 Å². The summed E-state index contributed by atoms with van der Waals surface area (Å²) in [5.41, 5.74) is 21.8. The Morgan fingerprint density at radius 1 is 0.267 bits per heavy atom. The predicted molar refractivity (Wildman–Crippen MR) is 260 cm³/mol. The fraction of sp³-hybridized carbons (Fsp3) is 0.138. The van der Waals surface area contributed by atoms with Gasteiger partial charge in [0.05, 0.1) is 0 Å². The summed E-state index contributed by atoms with van der Waals surface area (Å²) in [5.74, 6) is 0. The van der Waals surface area contributed by atoms with Crippen LogP contribution in [0.25, 0.3) is 43.8 Å². The third-order valence-corrected chi connectivity index (χ3v) is 12.1. The third kappa shape index (κ3) is 7.03. The first-order valence-corrected chi connectivity index (χ1v) is 21.1. The van der Waals surface area contributed by atoms with E-state index in [-0.39, 0.29) is 0 Å². The SMILES string of the molecule is Cc1ccc(N(c2ccc3c(-c4ccccc4)c4cc(N(c5ccc(C)cc5C)c5ccc(C)cc5C)ccc4c(-c4ccccc4)c3c2)c2ccc(C)cc2C)c(C)c1. The van der Waals surface area contributed by atoms with Crippen LogP contribution in [0.1, 0.15) is 44.5 Å². The zero-order valence-electron chi connectivity index (χ0n) is 36.1. The average molecular weight is 777 g/mol. The summed E-state index contributed by atoms with van der Waals surface area (Å²) in [6, 6.07) is 63.4. The molecule has 9 rings (SSSR count). The lowest BCUT2D eigenvalue weighted by atomic mass is 9.85. The maximum absolute atomic E-state index is 2.46. The van der Waals surface area contributed by atoms with Gasteiger partial charge in [0, 0.05) is 34.1 Å². The van der Waals surface area contributed by atoms with Gasteiger partial charge >= 0.3 is 0 Å². The lowest BCUT2D eigenvalue weighted by Crippen LogP contribution is -2.13. The predicted octanol–water partition coefficient (Wildman–Crippen LogP) is 16.7. The van der Waals surface area contributed by atoms with Gasteiger partial charge in [-0.1, -0.05) is 144 Å². The van der Waals surface area contributed by atoms with Crippen LogP contribution in [-0.2, 0) is 0 Å². The van der Waals surface area contributed by atoms with Gasteiger partial charge in [-0.25, -0.2) is 0 Å². The van der Waals surface area contributed by atoms with Crippen LogP contribution >= 0.6 is 0 Å². The standard InChI is InChI=1S/C58H52N2/c1-37-19-27-53(41(5)31-37)59(54-28-20-38(2)32-42(54)6)47-23-25-49-51(35-47)57(45-15-11-9-12-16-45)50-26-24-48(36-52(50)58(49)46-17-13-10-14-18-46)60(55-29-21-39(3)33-43(55)7)56-30-22-40(4)34-44(56)8/h9-36H,1-8H3. The van der Waals surface area contributed by atoms with Crippen molar-refractivity contribution in [2.45, 2.75) is 55.4 Å². The molecule has 60 heavy (non-hydrogen) atoms. The van der Waals surface area contributed by atoms with Gasteiger partial charge in [-0.05, 0) is 170 Å². The molecule has 294 valence electrons. The largest absolute Gasteiger partial charge is 0.310 e. The summed E-state index contributed by atoms with van der Waals surface area (Å²) in [6.07, 6.45) is 0. The number of nitrogens with zero attached hydrogens (tertiary/aromatic N) is 2. The molecular weight excluding hydrogens is 725 g/mol. The number of hydrogen-bond acceptors (Lipinski definition) is 2. The van der Waals surface area contributed by atoms with Crippen molar-refractivity contribution in [3.63, 3.8) is 0 Å². The zero-order valence-corrected chi connectivity index (χ0v) is 36.1. The van der Waals surface area contributed by atoms with Crippen molar-refractivity contribution in [1.82, 2.24) is 0 Å². The molecular formula is C58H52N2. The normalized spacial score (nSPS) is 11.3. The summed E-state index contributed by atoms with van der Waals surface area (Å²) >= 11 is 0. The molecule has 0 fully saturated rings. The number of fused-ring (bicyclic) bond motifs is 2. The van der Waals surface area contributed by atoms with Crippen molar-refractivity contribution in [3.05, 3.63) is 214 Å². The number of benzene rings is 9. The Kier molecular flexibility index (Phi) is 10.1. The van der Waals surface area contributed by atoms with E-state index < -0.39 is 0 Å². The van der Waals surface area contributed by atoms with E-state index in [0.29, 0.717) is 0 Å². The molecule has 0 saturated heterocycles. The minimum Gasteiger partial charge on any atom is -0.310 e. The third-order valence-electron chi connectivity index (χ3n) is 12.1. The monoisotopic (exact) mass is 776 g/mol. The van der Waals surface area contributed by atoms with E-state index in [9.17, 15) is 0 Å². The van der Waals surface area contributed by atoms with Crippen LogP contribution in [0, 0.1) is 55.4 Å². The summed E-state index contributed by atoms with van der Waals surface area (Å²) in [7, 11) is 0. The van der Waals surface area contributed by atoms with E-state index in [1.807, 2.05) is 0 Å². The molecule has 0 N–H and O–H groups in total. The Balaban J connectivity index is 1.39. The molecule has 0 unspecified atom stereocenters. The molecule has 2 heteroatoms. The Morgan fingerprint density at radius 2 is 0.567 bits per heavy atom. The quantitative estimate of drug-likeness (QED) is 0.142. The van der Waals surface area contributed by atoms with Gasteiger partial charge in [0.1, 0.15) is 0 Å². The zero-order chi connectivity index (χ0) is 41.7. The fourth-order valence-electron chi connectivity index (χ4n) is 9.36. The summed E-state index contributed by atoms with van der Waals surface area (Å²) < 4.78 is 0. The molecule has 0 saturated carbocycles. The Labute approximate surface area is 356 Å². The second-order valence-corrected chi connectivity index (χ2v) is 16.8. The van der Waals surface area contributed by atoms with Gasteiger partial charge in [0.2, 0.25) is 0 Å².